The number of hydroxylamine groups is 2. The van der Waals surface area contributed by atoms with E-state index < -0.39 is 0 Å². The zero-order valence-electron chi connectivity index (χ0n) is 19.4. The molecule has 180 valence electrons. The monoisotopic (exact) mass is 480 g/mol. The summed E-state index contributed by atoms with van der Waals surface area (Å²) in [4.78, 5) is 2.48. The maximum atomic E-state index is 9.62. The van der Waals surface area contributed by atoms with Crippen LogP contribution in [0.15, 0.2) is 59.0 Å². The number of anilines is 1. The molecule has 0 radical (unpaired) electrons. The summed E-state index contributed by atoms with van der Waals surface area (Å²) < 4.78 is 11.6. The van der Waals surface area contributed by atoms with Crippen LogP contribution in [0.2, 0.25) is 0 Å². The van der Waals surface area contributed by atoms with Crippen LogP contribution in [0.25, 0.3) is 11.5 Å². The van der Waals surface area contributed by atoms with Crippen LogP contribution >= 0.6 is 11.8 Å². The molecule has 7 nitrogen and oxygen atoms in total. The predicted molar refractivity (Wildman–Crippen MR) is 134 cm³/mol. The number of thioether (sulfide) groups is 1. The van der Waals surface area contributed by atoms with E-state index in [2.05, 4.69) is 39.4 Å². The Morgan fingerprint density at radius 2 is 1.71 bits per heavy atom. The van der Waals surface area contributed by atoms with E-state index in [0.29, 0.717) is 24.1 Å². The Balaban J connectivity index is 1.08. The minimum absolute atomic E-state index is 0.567. The number of hydrogen-bond acceptors (Lipinski definition) is 8. The Labute approximate surface area is 205 Å². The first-order chi connectivity index (χ1) is 16.7. The van der Waals surface area contributed by atoms with Crippen molar-refractivity contribution in [1.29, 1.82) is 0 Å². The van der Waals surface area contributed by atoms with Crippen LogP contribution in [0.3, 0.4) is 0 Å². The molecule has 0 amide bonds. The van der Waals surface area contributed by atoms with Gasteiger partial charge in [-0.05, 0) is 67.5 Å². The summed E-state index contributed by atoms with van der Waals surface area (Å²) in [5, 5.41) is 19.5. The SMILES string of the molecule is ON1CCC(C2CCN(c3ccc(-c4nnc(CSCCOc5ccccc5)o4)cc3)C2)CC1. The largest absolute Gasteiger partial charge is 0.493 e. The first-order valence-electron chi connectivity index (χ1n) is 12.1. The average Bonchev–Trinajstić information content (AvgIpc) is 3.56. The molecule has 3 aromatic rings. The van der Waals surface area contributed by atoms with Crippen molar-refractivity contribution in [3.05, 3.63) is 60.5 Å². The van der Waals surface area contributed by atoms with Crippen molar-refractivity contribution in [2.75, 3.05) is 43.4 Å². The van der Waals surface area contributed by atoms with Gasteiger partial charge in [0.15, 0.2) is 0 Å². The van der Waals surface area contributed by atoms with Gasteiger partial charge in [-0.25, -0.2) is 0 Å². The fraction of sp³-hybridized carbons (Fsp3) is 0.462. The Morgan fingerprint density at radius 3 is 2.50 bits per heavy atom. The summed E-state index contributed by atoms with van der Waals surface area (Å²) in [6.45, 7) is 4.46. The first-order valence-corrected chi connectivity index (χ1v) is 13.3. The number of para-hydroxylation sites is 1. The zero-order chi connectivity index (χ0) is 23.2. The Hall–Kier alpha value is -2.55. The standard InChI is InChI=1S/C26H32N4O3S/c31-30-14-11-20(12-15-30)22-10-13-29(18-22)23-8-6-21(7-9-23)26-28-27-25(33-26)19-34-17-16-32-24-4-2-1-3-5-24/h1-9,20,22,31H,10-19H2. The highest BCUT2D eigenvalue weighted by Gasteiger charge is 2.31. The summed E-state index contributed by atoms with van der Waals surface area (Å²) in [7, 11) is 0. The van der Waals surface area contributed by atoms with Crippen LogP contribution in [0.1, 0.15) is 25.2 Å². The van der Waals surface area contributed by atoms with Gasteiger partial charge in [0.25, 0.3) is 0 Å². The van der Waals surface area contributed by atoms with Crippen LogP contribution in [0.4, 0.5) is 5.69 Å². The highest BCUT2D eigenvalue weighted by Crippen LogP contribution is 2.34. The Bertz CT molecular complexity index is 1020. The van der Waals surface area contributed by atoms with E-state index >= 15 is 0 Å². The van der Waals surface area contributed by atoms with Crippen LogP contribution in [0, 0.1) is 11.8 Å². The highest BCUT2D eigenvalue weighted by molar-refractivity contribution is 7.98. The summed E-state index contributed by atoms with van der Waals surface area (Å²) >= 11 is 1.72. The minimum atomic E-state index is 0.567. The van der Waals surface area contributed by atoms with Crippen LogP contribution in [-0.2, 0) is 5.75 Å². The summed E-state index contributed by atoms with van der Waals surface area (Å²) in [5.74, 6) is 5.08. The van der Waals surface area contributed by atoms with Gasteiger partial charge < -0.3 is 19.3 Å². The van der Waals surface area contributed by atoms with Gasteiger partial charge in [-0.3, -0.25) is 0 Å². The maximum absolute atomic E-state index is 9.62. The Kier molecular flexibility index (Phi) is 7.68. The number of piperidine rings is 1. The van der Waals surface area contributed by atoms with Gasteiger partial charge >= 0.3 is 0 Å². The van der Waals surface area contributed by atoms with Gasteiger partial charge in [0.2, 0.25) is 11.8 Å². The second-order valence-corrected chi connectivity index (χ2v) is 10.2. The topological polar surface area (TPSA) is 74.9 Å². The summed E-state index contributed by atoms with van der Waals surface area (Å²) in [6, 6.07) is 18.3. The van der Waals surface area contributed by atoms with Gasteiger partial charge in [0.1, 0.15) is 5.75 Å². The van der Waals surface area contributed by atoms with Gasteiger partial charge in [-0.1, -0.05) is 18.2 Å². The normalized spacial score (nSPS) is 19.6. The average molecular weight is 481 g/mol. The van der Waals surface area contributed by atoms with Crippen molar-refractivity contribution >= 4 is 17.4 Å². The van der Waals surface area contributed by atoms with Crippen molar-refractivity contribution in [1.82, 2.24) is 15.3 Å². The molecule has 1 atom stereocenters. The van der Waals surface area contributed by atoms with E-state index in [-0.39, 0.29) is 0 Å². The molecule has 0 bridgehead atoms. The molecule has 1 N–H and O–H groups in total. The van der Waals surface area contributed by atoms with Crippen molar-refractivity contribution in [3.63, 3.8) is 0 Å². The van der Waals surface area contributed by atoms with E-state index in [9.17, 15) is 5.21 Å². The molecule has 0 aliphatic carbocycles. The molecule has 2 saturated heterocycles. The molecule has 0 spiro atoms. The maximum Gasteiger partial charge on any atom is 0.247 e. The van der Waals surface area contributed by atoms with Gasteiger partial charge in [-0.15, -0.1) is 22.0 Å². The highest BCUT2D eigenvalue weighted by atomic mass is 32.2. The Morgan fingerprint density at radius 1 is 0.941 bits per heavy atom. The second kappa shape index (κ2) is 11.3. The molecular formula is C26H32N4O3S. The lowest BCUT2D eigenvalue weighted by Crippen LogP contribution is -2.34. The number of ether oxygens (including phenoxy) is 1. The molecule has 34 heavy (non-hydrogen) atoms. The lowest BCUT2D eigenvalue weighted by Gasteiger charge is -2.31. The number of aromatic nitrogens is 2. The van der Waals surface area contributed by atoms with Crippen molar-refractivity contribution in [3.8, 4) is 17.2 Å². The lowest BCUT2D eigenvalue weighted by molar-refractivity contribution is -0.115. The summed E-state index contributed by atoms with van der Waals surface area (Å²) in [6.07, 6.45) is 3.44. The van der Waals surface area contributed by atoms with Crippen molar-refractivity contribution in [2.24, 2.45) is 11.8 Å². The quantitative estimate of drug-likeness (QED) is 0.430. The molecule has 2 aliphatic rings. The molecule has 3 heterocycles. The molecule has 1 aromatic heterocycles. The second-order valence-electron chi connectivity index (χ2n) is 9.05. The number of rotatable bonds is 9. The fourth-order valence-electron chi connectivity index (χ4n) is 4.90. The third-order valence-electron chi connectivity index (χ3n) is 6.82. The third kappa shape index (κ3) is 5.92. The van der Waals surface area contributed by atoms with Crippen LogP contribution in [0.5, 0.6) is 5.75 Å². The van der Waals surface area contributed by atoms with Gasteiger partial charge in [0.05, 0.1) is 12.4 Å². The molecule has 1 unspecified atom stereocenters. The minimum Gasteiger partial charge on any atom is -0.493 e. The summed E-state index contributed by atoms with van der Waals surface area (Å²) in [5.41, 5.74) is 2.20. The molecular weight excluding hydrogens is 448 g/mol. The zero-order valence-corrected chi connectivity index (χ0v) is 20.2. The lowest BCUT2D eigenvalue weighted by atomic mass is 9.84. The molecule has 2 aromatic carbocycles. The van der Waals surface area contributed by atoms with E-state index in [1.54, 1.807) is 11.8 Å². The number of hydrogen-bond donors (Lipinski definition) is 1. The van der Waals surface area contributed by atoms with Gasteiger partial charge in [0, 0.05) is 43.2 Å². The molecule has 2 fully saturated rings. The van der Waals surface area contributed by atoms with Gasteiger partial charge in [-0.2, -0.15) is 5.06 Å². The first kappa shape index (κ1) is 23.2. The number of nitrogens with zero attached hydrogens (tertiary/aromatic N) is 4. The smallest absolute Gasteiger partial charge is 0.247 e. The van der Waals surface area contributed by atoms with E-state index in [1.807, 2.05) is 30.3 Å². The van der Waals surface area contributed by atoms with E-state index in [0.717, 1.165) is 67.9 Å². The van der Waals surface area contributed by atoms with Crippen molar-refractivity contribution < 1.29 is 14.4 Å². The molecule has 5 rings (SSSR count). The molecule has 8 heteroatoms. The van der Waals surface area contributed by atoms with E-state index in [1.165, 1.54) is 17.2 Å². The third-order valence-corrected chi connectivity index (χ3v) is 7.73. The molecule has 2 aliphatic heterocycles. The van der Waals surface area contributed by atoms with Crippen molar-refractivity contribution in [2.45, 2.75) is 25.0 Å². The van der Waals surface area contributed by atoms with E-state index in [4.69, 9.17) is 9.15 Å². The van der Waals surface area contributed by atoms with Crippen LogP contribution < -0.4 is 9.64 Å². The number of benzene rings is 2. The van der Waals surface area contributed by atoms with Crippen LogP contribution in [-0.4, -0.2) is 59.0 Å². The predicted octanol–water partition coefficient (Wildman–Crippen LogP) is 4.98. The fourth-order valence-corrected chi connectivity index (χ4v) is 5.54. The molecule has 0 saturated carbocycles.